The van der Waals surface area contributed by atoms with E-state index >= 15 is 0 Å². The van der Waals surface area contributed by atoms with Gasteiger partial charge < -0.3 is 0 Å². The van der Waals surface area contributed by atoms with Crippen LogP contribution in [0.5, 0.6) is 0 Å². The normalized spacial score (nSPS) is 12.1. The minimum Gasteiger partial charge on any atom is -0.268 e. The molecule has 0 atom stereocenters. The molecule has 198 valence electrons. The van der Waals surface area contributed by atoms with Gasteiger partial charge in [0, 0.05) is 19.7 Å². The summed E-state index contributed by atoms with van der Waals surface area (Å²) in [5, 5.41) is 5.44. The van der Waals surface area contributed by atoms with Gasteiger partial charge in [-0.15, -0.1) is 0 Å². The van der Waals surface area contributed by atoms with Crippen molar-refractivity contribution in [3.63, 3.8) is 0 Å². The molecule has 0 heterocycles. The second kappa shape index (κ2) is 12.8. The van der Waals surface area contributed by atoms with Crippen LogP contribution >= 0.6 is 0 Å². The van der Waals surface area contributed by atoms with Gasteiger partial charge in [-0.2, -0.15) is 39.9 Å². The third kappa shape index (κ3) is 8.15. The number of sulfonamides is 1. The van der Waals surface area contributed by atoms with Crippen molar-refractivity contribution >= 4 is 27.1 Å². The molecule has 2 aromatic carbocycles. The fraction of sp³-hybridized carbons (Fsp3) is 0.435. The summed E-state index contributed by atoms with van der Waals surface area (Å²) in [6.45, 7) is 11.1. The quantitative estimate of drug-likeness (QED) is 0.235. The molecule has 5 nitrogen and oxygen atoms in total. The van der Waals surface area contributed by atoms with Crippen LogP contribution in [-0.2, 0) is 16.2 Å². The van der Waals surface area contributed by atoms with E-state index < -0.39 is 27.3 Å². The molecule has 0 aromatic heterocycles. The topological polar surface area (TPSA) is 53.0 Å². The van der Waals surface area contributed by atoms with Gasteiger partial charge in [0.1, 0.15) is 0 Å². The predicted octanol–water partition coefficient (Wildman–Crippen LogP) is 7.21. The van der Waals surface area contributed by atoms with E-state index in [0.717, 1.165) is 19.2 Å². The van der Waals surface area contributed by atoms with Gasteiger partial charge in [0.05, 0.1) is 22.6 Å². The summed E-state index contributed by atoms with van der Waals surface area (Å²) in [6.07, 6.45) is -4.50. The van der Waals surface area contributed by atoms with Gasteiger partial charge in [-0.3, -0.25) is 9.31 Å². The molecule has 35 heavy (non-hydrogen) atoms. The highest BCUT2D eigenvalue weighted by Gasteiger charge is 2.49. The Bertz CT molecular complexity index is 1080. The van der Waals surface area contributed by atoms with Crippen LogP contribution in [0.15, 0.2) is 47.6 Å². The Balaban J connectivity index is 0.00000274. The van der Waals surface area contributed by atoms with Crippen LogP contribution in [0.25, 0.3) is 0 Å². The van der Waals surface area contributed by atoms with Crippen molar-refractivity contribution in [3.05, 3.63) is 59.2 Å². The number of hydrogen-bond acceptors (Lipinski definition) is 4. The molecular weight excluding hydrogens is 496 g/mol. The first kappa shape index (κ1) is 32.2. The lowest BCUT2D eigenvalue weighted by Crippen LogP contribution is -2.38. The molecule has 0 unspecified atom stereocenters. The van der Waals surface area contributed by atoms with Gasteiger partial charge in [0.15, 0.2) is 0 Å². The van der Waals surface area contributed by atoms with Crippen LogP contribution in [0.4, 0.5) is 37.7 Å². The van der Waals surface area contributed by atoms with E-state index in [0.29, 0.717) is 5.56 Å². The lowest BCUT2D eigenvalue weighted by molar-refractivity contribution is -0.137. The minimum atomic E-state index is -5.64. The highest BCUT2D eigenvalue weighted by atomic mass is 32.2. The zero-order valence-electron chi connectivity index (χ0n) is 20.9. The van der Waals surface area contributed by atoms with Gasteiger partial charge in [-0.1, -0.05) is 39.3 Å². The average molecular weight is 528 g/mol. The lowest BCUT2D eigenvalue weighted by atomic mass is 10.1. The van der Waals surface area contributed by atoms with E-state index in [1.165, 1.54) is 49.3 Å². The SMILES string of the molecule is C/C(=N\N(C)c1ccc(C(F)(F)F)cc1)c1cc(C)ccc1N(C)S(=O)(=O)C(F)(F)F.CC.CC. The molecular formula is C23H31F6N3O2S. The van der Waals surface area contributed by atoms with Gasteiger partial charge in [-0.05, 0) is 50.2 Å². The standard InChI is InChI=1S/C19H19F6N3O2S.2C2H6/c1-12-5-10-17(28(4)31(29,30)19(23,24)25)16(11-12)13(2)26-27(3)15-8-6-14(7-9-15)18(20,21)22;2*1-2/h5-11H,1-4H3;2*1-2H3/b26-13+;;. The molecule has 0 radical (unpaired) electrons. The number of benzene rings is 2. The number of halogens is 6. The first-order valence-corrected chi connectivity index (χ1v) is 12.1. The molecule has 0 saturated carbocycles. The van der Waals surface area contributed by atoms with Crippen LogP contribution in [-0.4, -0.2) is 33.7 Å². The zero-order valence-corrected chi connectivity index (χ0v) is 21.7. The Morgan fingerprint density at radius 2 is 1.34 bits per heavy atom. The highest BCUT2D eigenvalue weighted by Crippen LogP contribution is 2.33. The number of alkyl halides is 6. The molecule has 0 saturated heterocycles. The summed E-state index contributed by atoms with van der Waals surface area (Å²) in [5.41, 5.74) is -5.37. The number of rotatable bonds is 5. The molecule has 0 aliphatic heterocycles. The second-order valence-corrected chi connectivity index (χ2v) is 8.65. The molecule has 0 aliphatic rings. The van der Waals surface area contributed by atoms with Crippen molar-refractivity contribution in [3.8, 4) is 0 Å². The van der Waals surface area contributed by atoms with Crippen LogP contribution in [0.2, 0.25) is 0 Å². The molecule has 0 amide bonds. The van der Waals surface area contributed by atoms with Gasteiger partial charge in [-0.25, -0.2) is 0 Å². The maximum atomic E-state index is 13.0. The predicted molar refractivity (Wildman–Crippen MR) is 129 cm³/mol. The van der Waals surface area contributed by atoms with Crippen LogP contribution in [0.1, 0.15) is 51.3 Å². The number of aryl methyl sites for hydroxylation is 1. The van der Waals surface area contributed by atoms with E-state index in [1.807, 2.05) is 27.7 Å². The highest BCUT2D eigenvalue weighted by molar-refractivity contribution is 7.93. The molecule has 2 rings (SSSR count). The summed E-state index contributed by atoms with van der Waals surface area (Å²) in [4.78, 5) is 0. The van der Waals surface area contributed by atoms with Crippen molar-refractivity contribution in [2.24, 2.45) is 5.10 Å². The van der Waals surface area contributed by atoms with Crippen LogP contribution < -0.4 is 9.31 Å². The molecule has 2 aromatic rings. The summed E-state index contributed by atoms with van der Waals surface area (Å²) in [7, 11) is -3.42. The second-order valence-electron chi connectivity index (χ2n) is 6.69. The molecule has 0 N–H and O–H groups in total. The number of anilines is 2. The molecule has 0 fully saturated rings. The Hall–Kier alpha value is -2.76. The Morgan fingerprint density at radius 3 is 1.77 bits per heavy atom. The maximum absolute atomic E-state index is 13.0. The maximum Gasteiger partial charge on any atom is 0.516 e. The van der Waals surface area contributed by atoms with Gasteiger partial charge in [0.25, 0.3) is 0 Å². The molecule has 12 heteroatoms. The Kier molecular flexibility index (Phi) is 11.8. The van der Waals surface area contributed by atoms with E-state index in [4.69, 9.17) is 0 Å². The summed E-state index contributed by atoms with van der Waals surface area (Å²) < 4.78 is 101. The van der Waals surface area contributed by atoms with E-state index in [-0.39, 0.29) is 27.0 Å². The summed E-state index contributed by atoms with van der Waals surface area (Å²) in [5.74, 6) is 0. The van der Waals surface area contributed by atoms with Crippen molar-refractivity contribution in [2.45, 2.75) is 53.2 Å². The first-order chi connectivity index (χ1) is 16.1. The third-order valence-electron chi connectivity index (χ3n) is 4.40. The van der Waals surface area contributed by atoms with Gasteiger partial charge in [0.2, 0.25) is 0 Å². The Labute approximate surface area is 203 Å². The van der Waals surface area contributed by atoms with Crippen molar-refractivity contribution in [2.75, 3.05) is 23.4 Å². The van der Waals surface area contributed by atoms with Gasteiger partial charge >= 0.3 is 21.7 Å². The molecule has 0 bridgehead atoms. The number of hydrazone groups is 1. The smallest absolute Gasteiger partial charge is 0.268 e. The van der Waals surface area contributed by atoms with Crippen molar-refractivity contribution in [1.82, 2.24) is 0 Å². The van der Waals surface area contributed by atoms with E-state index in [1.54, 1.807) is 6.92 Å². The summed E-state index contributed by atoms with van der Waals surface area (Å²) in [6, 6.07) is 8.28. The summed E-state index contributed by atoms with van der Waals surface area (Å²) >= 11 is 0. The van der Waals surface area contributed by atoms with Crippen LogP contribution in [0.3, 0.4) is 0 Å². The zero-order chi connectivity index (χ0) is 27.8. The third-order valence-corrected chi connectivity index (χ3v) is 5.91. The first-order valence-electron chi connectivity index (χ1n) is 10.7. The van der Waals surface area contributed by atoms with Crippen molar-refractivity contribution in [1.29, 1.82) is 0 Å². The fourth-order valence-electron chi connectivity index (χ4n) is 2.70. The lowest BCUT2D eigenvalue weighted by Gasteiger charge is -2.24. The monoisotopic (exact) mass is 527 g/mol. The molecule has 0 spiro atoms. The van der Waals surface area contributed by atoms with E-state index in [9.17, 15) is 34.8 Å². The van der Waals surface area contributed by atoms with E-state index in [2.05, 4.69) is 5.10 Å². The largest absolute Gasteiger partial charge is 0.516 e. The van der Waals surface area contributed by atoms with Crippen molar-refractivity contribution < 1.29 is 34.8 Å². The molecule has 0 aliphatic carbocycles. The minimum absolute atomic E-state index is 0.120. The van der Waals surface area contributed by atoms with Crippen LogP contribution in [0, 0.1) is 6.92 Å². The fourth-order valence-corrected chi connectivity index (χ4v) is 3.43. The Morgan fingerprint density at radius 1 is 0.857 bits per heavy atom. The number of nitrogens with zero attached hydrogens (tertiary/aromatic N) is 3. The average Bonchev–Trinajstić information content (AvgIpc) is 2.80. The number of hydrogen-bond donors (Lipinski definition) is 0.